The van der Waals surface area contributed by atoms with Crippen molar-refractivity contribution in [3.63, 3.8) is 0 Å². The molecular formula is C21H25ClN8O5S. The van der Waals surface area contributed by atoms with E-state index in [4.69, 9.17) is 26.5 Å². The van der Waals surface area contributed by atoms with E-state index in [1.54, 1.807) is 25.1 Å². The summed E-state index contributed by atoms with van der Waals surface area (Å²) >= 11 is 5.84. The number of hydrogen-bond donors (Lipinski definition) is 3. The van der Waals surface area contributed by atoms with E-state index in [1.165, 1.54) is 38.1 Å². The number of hydrogen-bond acceptors (Lipinski definition) is 11. The van der Waals surface area contributed by atoms with E-state index >= 15 is 0 Å². The molecule has 192 valence electrons. The van der Waals surface area contributed by atoms with Crippen LogP contribution in [-0.4, -0.2) is 68.9 Å². The van der Waals surface area contributed by atoms with E-state index < -0.39 is 27.4 Å². The summed E-state index contributed by atoms with van der Waals surface area (Å²) in [4.78, 5) is 12.5. The first kappa shape index (κ1) is 27.0. The summed E-state index contributed by atoms with van der Waals surface area (Å²) < 4.78 is 41.0. The van der Waals surface area contributed by atoms with Crippen LogP contribution in [0.15, 0.2) is 42.4 Å². The molecule has 3 aromatic rings. The van der Waals surface area contributed by atoms with Gasteiger partial charge in [-0.2, -0.15) is 0 Å². The quantitative estimate of drug-likeness (QED) is 0.243. The lowest BCUT2D eigenvalue weighted by Crippen LogP contribution is -2.33. The summed E-state index contributed by atoms with van der Waals surface area (Å²) in [6, 6.07) is 4.08. The number of aliphatic hydroxyl groups is 1. The average Bonchev–Trinajstić information content (AvgIpc) is 3.27. The van der Waals surface area contributed by atoms with Gasteiger partial charge in [-0.25, -0.2) is 23.4 Å². The van der Waals surface area contributed by atoms with Gasteiger partial charge in [-0.05, 0) is 26.0 Å². The Hall–Kier alpha value is -3.62. The minimum Gasteiger partial charge on any atom is -0.510 e. The van der Waals surface area contributed by atoms with Gasteiger partial charge in [0.25, 0.3) is 0 Å². The SMILES string of the molecule is COc1cccc(-c2nnc(NS(=O)(=O)[C@@H](C)[C@H](OC)c3ncc(Cl)cn3)n2[C@H](C)/C(O)=C/C=N)n1. The molecule has 0 saturated carbocycles. The third kappa shape index (κ3) is 5.78. The van der Waals surface area contributed by atoms with E-state index in [0.717, 1.165) is 12.3 Å². The Bertz CT molecular complexity index is 1350. The number of methoxy groups -OCH3 is 2. The zero-order valence-electron chi connectivity index (χ0n) is 19.8. The van der Waals surface area contributed by atoms with E-state index in [1.807, 2.05) is 0 Å². The lowest BCUT2D eigenvalue weighted by Gasteiger charge is -2.23. The molecule has 0 spiro atoms. The highest BCUT2D eigenvalue weighted by molar-refractivity contribution is 7.93. The zero-order valence-corrected chi connectivity index (χ0v) is 21.4. The summed E-state index contributed by atoms with van der Waals surface area (Å²) in [5, 5.41) is 24.9. The fourth-order valence-corrected chi connectivity index (χ4v) is 4.51. The van der Waals surface area contributed by atoms with Crippen LogP contribution in [0.2, 0.25) is 5.02 Å². The third-order valence-electron chi connectivity index (χ3n) is 5.23. The Balaban J connectivity index is 2.05. The van der Waals surface area contributed by atoms with Crippen LogP contribution in [0.25, 0.3) is 11.5 Å². The van der Waals surface area contributed by atoms with Crippen LogP contribution in [-0.2, 0) is 14.8 Å². The van der Waals surface area contributed by atoms with Crippen molar-refractivity contribution in [2.24, 2.45) is 0 Å². The predicted molar refractivity (Wildman–Crippen MR) is 133 cm³/mol. The van der Waals surface area contributed by atoms with E-state index in [9.17, 15) is 13.5 Å². The molecule has 3 aromatic heterocycles. The second kappa shape index (κ2) is 11.4. The third-order valence-corrected chi connectivity index (χ3v) is 7.11. The first-order valence-corrected chi connectivity index (χ1v) is 12.4. The summed E-state index contributed by atoms with van der Waals surface area (Å²) in [6.45, 7) is 3.01. The highest BCUT2D eigenvalue weighted by atomic mass is 35.5. The molecule has 0 aliphatic rings. The van der Waals surface area contributed by atoms with E-state index in [2.05, 4.69) is 29.9 Å². The monoisotopic (exact) mass is 536 g/mol. The standard InChI is InChI=1S/C21H25ClN8O5S/c1-12(16(31)8-9-23)30-20(15-6-5-7-17(26-15)34-3)27-28-21(30)29-36(32,33)13(2)18(35-4)19-24-10-14(22)11-25-19/h5-13,18,23,31H,1-4H3,(H,28,29)/b16-8-,23-9?/t12-,13+,18+/m1/s1. The number of rotatable bonds is 11. The maximum Gasteiger partial charge on any atom is 0.240 e. The predicted octanol–water partition coefficient (Wildman–Crippen LogP) is 2.96. The minimum atomic E-state index is -4.16. The number of halogens is 1. The molecule has 3 rings (SSSR count). The van der Waals surface area contributed by atoms with Crippen molar-refractivity contribution in [2.75, 3.05) is 18.9 Å². The van der Waals surface area contributed by atoms with Crippen LogP contribution in [0, 0.1) is 5.41 Å². The number of nitrogens with zero attached hydrogens (tertiary/aromatic N) is 6. The van der Waals surface area contributed by atoms with Gasteiger partial charge in [-0.15, -0.1) is 10.2 Å². The number of anilines is 1. The van der Waals surface area contributed by atoms with Crippen molar-refractivity contribution in [1.82, 2.24) is 29.7 Å². The number of nitrogens with one attached hydrogen (secondary N) is 2. The molecule has 0 aliphatic carbocycles. The zero-order chi connectivity index (χ0) is 26.5. The lowest BCUT2D eigenvalue weighted by molar-refractivity contribution is 0.0950. The maximum atomic E-state index is 13.4. The second-order valence-corrected chi connectivity index (χ2v) is 9.96. The fourth-order valence-electron chi connectivity index (χ4n) is 3.27. The molecule has 13 nitrogen and oxygen atoms in total. The largest absolute Gasteiger partial charge is 0.510 e. The molecule has 0 aliphatic heterocycles. The number of allylic oxidation sites excluding steroid dienone is 2. The Kier molecular flexibility index (Phi) is 8.55. The molecule has 0 radical (unpaired) electrons. The summed E-state index contributed by atoms with van der Waals surface area (Å²) in [5.41, 5.74) is 0.319. The minimum absolute atomic E-state index is 0.127. The van der Waals surface area contributed by atoms with E-state index in [0.29, 0.717) is 16.6 Å². The summed E-state index contributed by atoms with van der Waals surface area (Å²) in [6.07, 6.45) is 3.72. The van der Waals surface area contributed by atoms with Crippen LogP contribution in [0.1, 0.15) is 31.8 Å². The van der Waals surface area contributed by atoms with Gasteiger partial charge < -0.3 is 20.0 Å². The topological polar surface area (TPSA) is 178 Å². The summed E-state index contributed by atoms with van der Waals surface area (Å²) in [5.74, 6) is 0.164. The van der Waals surface area contributed by atoms with Crippen LogP contribution in [0.3, 0.4) is 0 Å². The number of ether oxygens (including phenoxy) is 2. The highest BCUT2D eigenvalue weighted by Crippen LogP contribution is 2.30. The van der Waals surface area contributed by atoms with E-state index in [-0.39, 0.29) is 23.4 Å². The average molecular weight is 537 g/mol. The van der Waals surface area contributed by atoms with Crippen molar-refractivity contribution >= 4 is 33.8 Å². The molecule has 0 saturated heterocycles. The first-order chi connectivity index (χ1) is 17.1. The van der Waals surface area contributed by atoms with Gasteiger partial charge >= 0.3 is 0 Å². The molecule has 0 fully saturated rings. The normalized spacial score (nSPS) is 14.6. The van der Waals surface area contributed by atoms with Gasteiger partial charge in [-0.3, -0.25) is 9.29 Å². The molecule has 3 N–H and O–H groups in total. The Morgan fingerprint density at radius 3 is 2.53 bits per heavy atom. The molecule has 0 aromatic carbocycles. The van der Waals surface area contributed by atoms with Gasteiger partial charge in [-0.1, -0.05) is 17.7 Å². The number of aromatic nitrogens is 6. The van der Waals surface area contributed by atoms with Crippen LogP contribution >= 0.6 is 11.6 Å². The van der Waals surface area contributed by atoms with Crippen molar-refractivity contribution in [3.8, 4) is 17.4 Å². The number of pyridine rings is 1. The van der Waals surface area contributed by atoms with Crippen LogP contribution in [0.4, 0.5) is 5.95 Å². The molecular weight excluding hydrogens is 512 g/mol. The van der Waals surface area contributed by atoms with Gasteiger partial charge in [0.05, 0.1) is 18.2 Å². The van der Waals surface area contributed by atoms with Gasteiger partial charge in [0.1, 0.15) is 22.8 Å². The Morgan fingerprint density at radius 1 is 1.22 bits per heavy atom. The lowest BCUT2D eigenvalue weighted by atomic mass is 10.2. The van der Waals surface area contributed by atoms with Gasteiger partial charge in [0.2, 0.25) is 21.9 Å². The molecule has 3 atom stereocenters. The van der Waals surface area contributed by atoms with Gasteiger partial charge in [0, 0.05) is 31.8 Å². The van der Waals surface area contributed by atoms with Gasteiger partial charge in [0.15, 0.2) is 11.6 Å². The Labute approximate surface area is 212 Å². The molecule has 3 heterocycles. The van der Waals surface area contributed by atoms with Crippen molar-refractivity contribution in [1.29, 1.82) is 5.41 Å². The summed E-state index contributed by atoms with van der Waals surface area (Å²) in [7, 11) is -1.37. The van der Waals surface area contributed by atoms with Crippen LogP contribution in [0.5, 0.6) is 5.88 Å². The number of sulfonamides is 1. The molecule has 0 unspecified atom stereocenters. The fraction of sp³-hybridized carbons (Fsp3) is 0.333. The molecule has 36 heavy (non-hydrogen) atoms. The van der Waals surface area contributed by atoms with Crippen molar-refractivity contribution in [2.45, 2.75) is 31.2 Å². The maximum absolute atomic E-state index is 13.4. The molecule has 0 amide bonds. The number of aliphatic hydroxyl groups excluding tert-OH is 1. The highest BCUT2D eigenvalue weighted by Gasteiger charge is 2.35. The van der Waals surface area contributed by atoms with Crippen molar-refractivity contribution in [3.05, 3.63) is 53.3 Å². The smallest absolute Gasteiger partial charge is 0.240 e. The molecule has 15 heteroatoms. The Morgan fingerprint density at radius 2 is 1.92 bits per heavy atom. The molecule has 0 bridgehead atoms. The van der Waals surface area contributed by atoms with Crippen LogP contribution < -0.4 is 9.46 Å². The first-order valence-electron chi connectivity index (χ1n) is 10.5. The van der Waals surface area contributed by atoms with Crippen molar-refractivity contribution < 1.29 is 23.0 Å². The second-order valence-electron chi connectivity index (χ2n) is 7.48.